The van der Waals surface area contributed by atoms with Gasteiger partial charge in [-0.25, -0.2) is 4.79 Å². The standard InChI is InChI=1S/C23H26N4O5/c1-15-8-10-18(11-9-15)27-16(2)22(30)26(23(27)31)14-21(29)25(3)13-20(28)24-17-6-5-7-19(12-17)32-4/h5-12,16H,13-14H2,1-4H3,(H,24,28)/t16-/m0/s1. The summed E-state index contributed by atoms with van der Waals surface area (Å²) >= 11 is 0. The van der Waals surface area contributed by atoms with E-state index >= 15 is 0 Å². The molecule has 3 rings (SSSR count). The molecule has 168 valence electrons. The van der Waals surface area contributed by atoms with Gasteiger partial charge >= 0.3 is 6.03 Å². The van der Waals surface area contributed by atoms with E-state index in [9.17, 15) is 19.2 Å². The van der Waals surface area contributed by atoms with Crippen LogP contribution in [0.2, 0.25) is 0 Å². The zero-order valence-electron chi connectivity index (χ0n) is 18.5. The highest BCUT2D eigenvalue weighted by molar-refractivity contribution is 6.15. The molecule has 1 fully saturated rings. The SMILES string of the molecule is COc1cccc(NC(=O)CN(C)C(=O)CN2C(=O)[C@H](C)N(c3ccc(C)cc3)C2=O)c1. The van der Waals surface area contributed by atoms with E-state index in [1.807, 2.05) is 19.1 Å². The Morgan fingerprint density at radius 1 is 1.12 bits per heavy atom. The summed E-state index contributed by atoms with van der Waals surface area (Å²) in [6, 6.07) is 12.8. The van der Waals surface area contributed by atoms with E-state index < -0.39 is 36.3 Å². The van der Waals surface area contributed by atoms with Crippen molar-refractivity contribution < 1.29 is 23.9 Å². The molecular weight excluding hydrogens is 412 g/mol. The van der Waals surface area contributed by atoms with Gasteiger partial charge in [0.1, 0.15) is 18.3 Å². The minimum Gasteiger partial charge on any atom is -0.497 e. The third-order valence-corrected chi connectivity index (χ3v) is 5.21. The van der Waals surface area contributed by atoms with Crippen molar-refractivity contribution >= 4 is 35.1 Å². The fraction of sp³-hybridized carbons (Fsp3) is 0.304. The number of rotatable bonds is 7. The van der Waals surface area contributed by atoms with Gasteiger partial charge in [0, 0.05) is 24.5 Å². The number of carbonyl (C=O) groups is 4. The Morgan fingerprint density at radius 2 is 1.81 bits per heavy atom. The van der Waals surface area contributed by atoms with Crippen molar-refractivity contribution in [3.63, 3.8) is 0 Å². The molecule has 1 heterocycles. The van der Waals surface area contributed by atoms with E-state index in [0.717, 1.165) is 10.5 Å². The van der Waals surface area contributed by atoms with Crippen molar-refractivity contribution in [3.05, 3.63) is 54.1 Å². The number of imide groups is 1. The average Bonchev–Trinajstić information content (AvgIpc) is 2.97. The minimum atomic E-state index is -0.723. The van der Waals surface area contributed by atoms with E-state index in [1.54, 1.807) is 43.3 Å². The number of aryl methyl sites for hydroxylation is 1. The highest BCUT2D eigenvalue weighted by Crippen LogP contribution is 2.26. The van der Waals surface area contributed by atoms with Crippen molar-refractivity contribution in [1.29, 1.82) is 0 Å². The van der Waals surface area contributed by atoms with Crippen LogP contribution in [0.4, 0.5) is 16.2 Å². The Balaban J connectivity index is 1.61. The lowest BCUT2D eigenvalue weighted by Crippen LogP contribution is -2.44. The first-order valence-electron chi connectivity index (χ1n) is 10.1. The maximum absolute atomic E-state index is 12.9. The first-order chi connectivity index (χ1) is 15.2. The number of hydrogen-bond donors (Lipinski definition) is 1. The zero-order chi connectivity index (χ0) is 23.4. The van der Waals surface area contributed by atoms with Crippen LogP contribution in [0.25, 0.3) is 0 Å². The molecule has 2 aromatic rings. The molecule has 0 saturated carbocycles. The normalized spacial score (nSPS) is 15.7. The predicted octanol–water partition coefficient (Wildman–Crippen LogP) is 2.26. The Kier molecular flexibility index (Phi) is 6.77. The maximum Gasteiger partial charge on any atom is 0.332 e. The molecule has 2 aromatic carbocycles. The van der Waals surface area contributed by atoms with Gasteiger partial charge in [-0.2, -0.15) is 0 Å². The Labute approximate surface area is 186 Å². The van der Waals surface area contributed by atoms with Crippen molar-refractivity contribution in [2.24, 2.45) is 0 Å². The molecule has 1 N–H and O–H groups in total. The van der Waals surface area contributed by atoms with E-state index in [4.69, 9.17) is 4.74 Å². The summed E-state index contributed by atoms with van der Waals surface area (Å²) in [5.41, 5.74) is 2.14. The minimum absolute atomic E-state index is 0.233. The van der Waals surface area contributed by atoms with Crippen LogP contribution in [0, 0.1) is 6.92 Å². The Morgan fingerprint density at radius 3 is 2.47 bits per heavy atom. The first kappa shape index (κ1) is 22.8. The summed E-state index contributed by atoms with van der Waals surface area (Å²) < 4.78 is 5.12. The Bertz CT molecular complexity index is 1040. The van der Waals surface area contributed by atoms with Crippen LogP contribution in [0.3, 0.4) is 0 Å². The summed E-state index contributed by atoms with van der Waals surface area (Å²) in [4.78, 5) is 53.9. The number of benzene rings is 2. The number of likely N-dealkylation sites (N-methyl/N-ethyl adjacent to an activating group) is 1. The highest BCUT2D eigenvalue weighted by Gasteiger charge is 2.44. The number of hydrogen-bond acceptors (Lipinski definition) is 5. The third kappa shape index (κ3) is 4.88. The van der Waals surface area contributed by atoms with Gasteiger partial charge in [-0.15, -0.1) is 0 Å². The van der Waals surface area contributed by atoms with Gasteiger partial charge in [0.25, 0.3) is 5.91 Å². The van der Waals surface area contributed by atoms with Crippen molar-refractivity contribution in [3.8, 4) is 5.75 Å². The van der Waals surface area contributed by atoms with Crippen LogP contribution >= 0.6 is 0 Å². The number of carbonyl (C=O) groups excluding carboxylic acids is 4. The van der Waals surface area contributed by atoms with Crippen LogP contribution in [-0.2, 0) is 14.4 Å². The smallest absolute Gasteiger partial charge is 0.332 e. The van der Waals surface area contributed by atoms with Crippen LogP contribution in [0.1, 0.15) is 12.5 Å². The van der Waals surface area contributed by atoms with Crippen LogP contribution in [0.5, 0.6) is 5.75 Å². The molecule has 0 aliphatic carbocycles. The predicted molar refractivity (Wildman–Crippen MR) is 119 cm³/mol. The number of methoxy groups -OCH3 is 1. The number of anilines is 2. The molecule has 0 bridgehead atoms. The number of amides is 5. The molecule has 32 heavy (non-hydrogen) atoms. The number of urea groups is 1. The molecule has 0 unspecified atom stereocenters. The largest absolute Gasteiger partial charge is 0.497 e. The lowest BCUT2D eigenvalue weighted by atomic mass is 10.2. The molecule has 1 aliphatic rings. The van der Waals surface area contributed by atoms with Gasteiger partial charge in [-0.05, 0) is 38.1 Å². The van der Waals surface area contributed by atoms with E-state index in [0.29, 0.717) is 17.1 Å². The molecule has 9 heteroatoms. The van der Waals surface area contributed by atoms with Gasteiger partial charge in [0.2, 0.25) is 11.8 Å². The van der Waals surface area contributed by atoms with Gasteiger partial charge in [0.15, 0.2) is 0 Å². The maximum atomic E-state index is 12.9. The van der Waals surface area contributed by atoms with Gasteiger partial charge in [-0.1, -0.05) is 23.8 Å². The molecule has 0 aromatic heterocycles. The Hall–Kier alpha value is -3.88. The highest BCUT2D eigenvalue weighted by atomic mass is 16.5. The monoisotopic (exact) mass is 438 g/mol. The molecule has 1 saturated heterocycles. The topological polar surface area (TPSA) is 99.3 Å². The second-order valence-corrected chi connectivity index (χ2v) is 7.62. The summed E-state index contributed by atoms with van der Waals surface area (Å²) in [6.45, 7) is 2.88. The fourth-order valence-electron chi connectivity index (χ4n) is 3.37. The number of nitrogens with one attached hydrogen (secondary N) is 1. The third-order valence-electron chi connectivity index (χ3n) is 5.21. The first-order valence-corrected chi connectivity index (χ1v) is 10.1. The molecule has 1 aliphatic heterocycles. The molecule has 0 radical (unpaired) electrons. The van der Waals surface area contributed by atoms with E-state index in [-0.39, 0.29) is 6.54 Å². The lowest BCUT2D eigenvalue weighted by molar-refractivity contribution is -0.137. The zero-order valence-corrected chi connectivity index (χ0v) is 18.5. The lowest BCUT2D eigenvalue weighted by Gasteiger charge is -2.21. The van der Waals surface area contributed by atoms with Crippen molar-refractivity contribution in [2.45, 2.75) is 19.9 Å². The fourth-order valence-corrected chi connectivity index (χ4v) is 3.37. The van der Waals surface area contributed by atoms with Gasteiger partial charge < -0.3 is 15.0 Å². The second kappa shape index (κ2) is 9.51. The summed E-state index contributed by atoms with van der Waals surface area (Å²) in [5.74, 6) is -0.808. The van der Waals surface area contributed by atoms with E-state index in [2.05, 4.69) is 5.32 Å². The number of ether oxygens (including phenoxy) is 1. The summed E-state index contributed by atoms with van der Waals surface area (Å²) in [7, 11) is 2.97. The van der Waals surface area contributed by atoms with Crippen molar-refractivity contribution in [1.82, 2.24) is 9.80 Å². The molecule has 0 spiro atoms. The second-order valence-electron chi connectivity index (χ2n) is 7.62. The van der Waals surface area contributed by atoms with Crippen LogP contribution in [0.15, 0.2) is 48.5 Å². The van der Waals surface area contributed by atoms with Crippen LogP contribution < -0.4 is 15.0 Å². The number of nitrogens with zero attached hydrogens (tertiary/aromatic N) is 3. The van der Waals surface area contributed by atoms with Gasteiger partial charge in [0.05, 0.1) is 13.7 Å². The summed E-state index contributed by atoms with van der Waals surface area (Å²) in [6.07, 6.45) is 0. The molecule has 1 atom stereocenters. The molecule has 5 amide bonds. The summed E-state index contributed by atoms with van der Waals surface area (Å²) in [5, 5.41) is 2.69. The molecular formula is C23H26N4O5. The van der Waals surface area contributed by atoms with E-state index in [1.165, 1.54) is 24.0 Å². The quantitative estimate of drug-likeness (QED) is 0.669. The van der Waals surface area contributed by atoms with Crippen LogP contribution in [-0.4, -0.2) is 66.8 Å². The molecule has 9 nitrogen and oxygen atoms in total. The average molecular weight is 438 g/mol. The van der Waals surface area contributed by atoms with Gasteiger partial charge in [-0.3, -0.25) is 24.2 Å². The van der Waals surface area contributed by atoms with Crippen molar-refractivity contribution in [2.75, 3.05) is 37.5 Å².